The van der Waals surface area contributed by atoms with E-state index in [9.17, 15) is 4.79 Å². The smallest absolute Gasteiger partial charge is 0.236 e. The lowest BCUT2D eigenvalue weighted by Gasteiger charge is -2.26. The Morgan fingerprint density at radius 2 is 2.28 bits per heavy atom. The average Bonchev–Trinajstić information content (AvgIpc) is 2.81. The van der Waals surface area contributed by atoms with Crippen LogP contribution in [0.1, 0.15) is 5.82 Å². The molecular weight excluding hydrogens is 234 g/mol. The summed E-state index contributed by atoms with van der Waals surface area (Å²) in [5.74, 6) is 1.05. The number of carbonyl (C=O) groups is 1. The van der Waals surface area contributed by atoms with Crippen LogP contribution in [0.15, 0.2) is 6.33 Å². The van der Waals surface area contributed by atoms with E-state index in [4.69, 9.17) is 4.74 Å². The molecule has 0 bridgehead atoms. The number of hydrogen-bond acceptors (Lipinski definition) is 5. The molecule has 1 amide bonds. The quantitative estimate of drug-likeness (QED) is 0.668. The average molecular weight is 253 g/mol. The zero-order valence-electron chi connectivity index (χ0n) is 10.6. The van der Waals surface area contributed by atoms with Gasteiger partial charge in [0.15, 0.2) is 0 Å². The zero-order chi connectivity index (χ0) is 12.8. The van der Waals surface area contributed by atoms with Gasteiger partial charge in [-0.05, 0) is 0 Å². The third-order valence-corrected chi connectivity index (χ3v) is 2.97. The first-order chi connectivity index (χ1) is 8.77. The van der Waals surface area contributed by atoms with Gasteiger partial charge in [0, 0.05) is 33.1 Å². The van der Waals surface area contributed by atoms with E-state index < -0.39 is 0 Å². The van der Waals surface area contributed by atoms with Crippen LogP contribution in [0.25, 0.3) is 0 Å². The summed E-state index contributed by atoms with van der Waals surface area (Å²) >= 11 is 0. The van der Waals surface area contributed by atoms with Gasteiger partial charge in [0.2, 0.25) is 5.91 Å². The molecule has 0 aliphatic carbocycles. The first-order valence-electron chi connectivity index (χ1n) is 6.16. The normalized spacial score (nSPS) is 15.9. The van der Waals surface area contributed by atoms with Crippen molar-refractivity contribution < 1.29 is 9.53 Å². The molecule has 0 atom stereocenters. The van der Waals surface area contributed by atoms with Crippen LogP contribution in [0, 0.1) is 0 Å². The number of hydrogen-bond donors (Lipinski definition) is 1. The lowest BCUT2D eigenvalue weighted by atomic mass is 10.3. The number of morpholine rings is 1. The molecule has 1 saturated heterocycles. The van der Waals surface area contributed by atoms with Crippen molar-refractivity contribution in [3.8, 4) is 0 Å². The second kappa shape index (κ2) is 6.46. The van der Waals surface area contributed by atoms with Gasteiger partial charge in [0.25, 0.3) is 0 Å². The summed E-state index contributed by atoms with van der Waals surface area (Å²) in [6, 6.07) is 0. The molecule has 1 aromatic rings. The van der Waals surface area contributed by atoms with Gasteiger partial charge in [0.05, 0.1) is 19.8 Å². The molecule has 2 heterocycles. The molecule has 0 saturated carbocycles. The predicted molar refractivity (Wildman–Crippen MR) is 65.0 cm³/mol. The molecule has 1 N–H and O–H groups in total. The van der Waals surface area contributed by atoms with Crippen molar-refractivity contribution in [2.45, 2.75) is 6.42 Å². The number of amides is 1. The molecule has 7 nitrogen and oxygen atoms in total. The van der Waals surface area contributed by atoms with Crippen molar-refractivity contribution in [2.24, 2.45) is 7.05 Å². The topological polar surface area (TPSA) is 72.3 Å². The predicted octanol–water partition coefficient (Wildman–Crippen LogP) is -1.19. The Morgan fingerprint density at radius 3 is 2.94 bits per heavy atom. The summed E-state index contributed by atoms with van der Waals surface area (Å²) in [5, 5.41) is 10.9. The van der Waals surface area contributed by atoms with E-state index in [2.05, 4.69) is 15.5 Å². The number of nitrogens with one attached hydrogen (secondary N) is 1. The van der Waals surface area contributed by atoms with Crippen molar-refractivity contribution in [1.82, 2.24) is 25.0 Å². The Bertz CT molecular complexity index is 387. The van der Waals surface area contributed by atoms with Crippen molar-refractivity contribution >= 4 is 5.91 Å². The van der Waals surface area contributed by atoms with E-state index in [0.29, 0.717) is 32.8 Å². The van der Waals surface area contributed by atoms with Crippen molar-refractivity contribution in [3.05, 3.63) is 12.2 Å². The van der Waals surface area contributed by atoms with Gasteiger partial charge >= 0.3 is 0 Å². The van der Waals surface area contributed by atoms with Crippen molar-refractivity contribution in [3.63, 3.8) is 0 Å². The molecule has 2 rings (SSSR count). The number of aryl methyl sites for hydroxylation is 1. The van der Waals surface area contributed by atoms with Gasteiger partial charge in [-0.2, -0.15) is 0 Å². The molecule has 18 heavy (non-hydrogen) atoms. The fraction of sp³-hybridized carbons (Fsp3) is 0.727. The summed E-state index contributed by atoms with van der Waals surface area (Å²) in [5.41, 5.74) is 0. The third kappa shape index (κ3) is 3.51. The fourth-order valence-corrected chi connectivity index (χ4v) is 1.85. The monoisotopic (exact) mass is 253 g/mol. The van der Waals surface area contributed by atoms with Crippen LogP contribution < -0.4 is 5.32 Å². The third-order valence-electron chi connectivity index (χ3n) is 2.97. The van der Waals surface area contributed by atoms with Crippen molar-refractivity contribution in [1.29, 1.82) is 0 Å². The maximum atomic E-state index is 11.8. The first-order valence-corrected chi connectivity index (χ1v) is 6.16. The lowest BCUT2D eigenvalue weighted by Crippen LogP contribution is -2.44. The molecule has 1 aromatic heterocycles. The summed E-state index contributed by atoms with van der Waals surface area (Å²) in [7, 11) is 1.91. The number of ether oxygens (including phenoxy) is 1. The SMILES string of the molecule is Cn1cnnc1CCNCC(=O)N1CCOCC1. The molecule has 0 aromatic carbocycles. The first kappa shape index (κ1) is 13.0. The maximum Gasteiger partial charge on any atom is 0.236 e. The number of aromatic nitrogens is 3. The molecule has 0 radical (unpaired) electrons. The molecular formula is C11H19N5O2. The minimum absolute atomic E-state index is 0.135. The van der Waals surface area contributed by atoms with E-state index in [0.717, 1.165) is 18.8 Å². The summed E-state index contributed by atoms with van der Waals surface area (Å²) in [6.07, 6.45) is 2.45. The van der Waals surface area contributed by atoms with Crippen LogP contribution in [0.5, 0.6) is 0 Å². The van der Waals surface area contributed by atoms with Crippen LogP contribution in [0.3, 0.4) is 0 Å². The molecule has 0 spiro atoms. The van der Waals surface area contributed by atoms with Crippen LogP contribution in [0.4, 0.5) is 0 Å². The van der Waals surface area contributed by atoms with Crippen LogP contribution in [-0.4, -0.2) is 65.0 Å². The standard InChI is InChI=1S/C11H19N5O2/c1-15-9-13-14-10(15)2-3-12-8-11(17)16-4-6-18-7-5-16/h9,12H,2-8H2,1H3. The Morgan fingerprint density at radius 1 is 1.50 bits per heavy atom. The number of rotatable bonds is 5. The summed E-state index contributed by atoms with van der Waals surface area (Å²) in [4.78, 5) is 13.6. The molecule has 100 valence electrons. The Hall–Kier alpha value is -1.47. The highest BCUT2D eigenvalue weighted by Gasteiger charge is 2.15. The van der Waals surface area contributed by atoms with Gasteiger partial charge in [-0.3, -0.25) is 4.79 Å². The molecule has 0 unspecified atom stereocenters. The zero-order valence-corrected chi connectivity index (χ0v) is 10.6. The van der Waals surface area contributed by atoms with E-state index in [1.54, 1.807) is 6.33 Å². The van der Waals surface area contributed by atoms with Gasteiger partial charge in [0.1, 0.15) is 12.2 Å². The van der Waals surface area contributed by atoms with Gasteiger partial charge in [-0.25, -0.2) is 0 Å². The summed E-state index contributed by atoms with van der Waals surface area (Å²) in [6.45, 7) is 3.78. The fourth-order valence-electron chi connectivity index (χ4n) is 1.85. The number of carbonyl (C=O) groups excluding carboxylic acids is 1. The minimum atomic E-state index is 0.135. The molecule has 7 heteroatoms. The molecule has 1 fully saturated rings. The highest BCUT2D eigenvalue weighted by atomic mass is 16.5. The molecule has 1 aliphatic rings. The van der Waals surface area contributed by atoms with Crippen LogP contribution in [-0.2, 0) is 23.0 Å². The Labute approximate surface area is 106 Å². The van der Waals surface area contributed by atoms with Crippen molar-refractivity contribution in [2.75, 3.05) is 39.4 Å². The van der Waals surface area contributed by atoms with Gasteiger partial charge < -0.3 is 19.5 Å². The van der Waals surface area contributed by atoms with Crippen LogP contribution >= 0.6 is 0 Å². The highest BCUT2D eigenvalue weighted by molar-refractivity contribution is 5.78. The Balaban J connectivity index is 1.63. The van der Waals surface area contributed by atoms with E-state index in [1.165, 1.54) is 0 Å². The van der Waals surface area contributed by atoms with Gasteiger partial charge in [-0.1, -0.05) is 0 Å². The lowest BCUT2D eigenvalue weighted by molar-refractivity contribution is -0.134. The molecule has 1 aliphatic heterocycles. The van der Waals surface area contributed by atoms with Crippen LogP contribution in [0.2, 0.25) is 0 Å². The van der Waals surface area contributed by atoms with E-state index >= 15 is 0 Å². The Kier molecular flexibility index (Phi) is 4.66. The highest BCUT2D eigenvalue weighted by Crippen LogP contribution is 1.96. The second-order valence-electron chi connectivity index (χ2n) is 4.28. The number of nitrogens with zero attached hydrogens (tertiary/aromatic N) is 4. The van der Waals surface area contributed by atoms with E-state index in [-0.39, 0.29) is 5.91 Å². The van der Waals surface area contributed by atoms with E-state index in [1.807, 2.05) is 16.5 Å². The maximum absolute atomic E-state index is 11.8. The summed E-state index contributed by atoms with van der Waals surface area (Å²) < 4.78 is 7.09. The minimum Gasteiger partial charge on any atom is -0.378 e. The van der Waals surface area contributed by atoms with Gasteiger partial charge in [-0.15, -0.1) is 10.2 Å². The second-order valence-corrected chi connectivity index (χ2v) is 4.28. The largest absolute Gasteiger partial charge is 0.378 e.